The molecule has 1 aliphatic heterocycles. The third kappa shape index (κ3) is 4.62. The lowest BCUT2D eigenvalue weighted by atomic mass is 9.99. The predicted octanol–water partition coefficient (Wildman–Crippen LogP) is 3.57. The van der Waals surface area contributed by atoms with Crippen LogP contribution >= 0.6 is 11.8 Å². The zero-order valence-corrected chi connectivity index (χ0v) is 18.9. The maximum atomic E-state index is 12.8. The van der Waals surface area contributed by atoms with E-state index in [-0.39, 0.29) is 11.5 Å². The minimum Gasteiger partial charge on any atom is -0.497 e. The van der Waals surface area contributed by atoms with E-state index in [2.05, 4.69) is 4.98 Å². The van der Waals surface area contributed by atoms with Gasteiger partial charge in [0.15, 0.2) is 10.9 Å². The Balaban J connectivity index is 1.48. The quantitative estimate of drug-likeness (QED) is 0.399. The molecule has 7 nitrogen and oxygen atoms in total. The van der Waals surface area contributed by atoms with Gasteiger partial charge in [-0.1, -0.05) is 11.8 Å². The first-order chi connectivity index (χ1) is 14.9. The van der Waals surface area contributed by atoms with Crippen LogP contribution in [0.1, 0.15) is 22.3 Å². The molecule has 0 saturated heterocycles. The van der Waals surface area contributed by atoms with Gasteiger partial charge in [0.05, 0.1) is 24.8 Å². The lowest BCUT2D eigenvalue weighted by molar-refractivity contribution is 0.102. The van der Waals surface area contributed by atoms with Crippen molar-refractivity contribution in [2.75, 3.05) is 30.0 Å². The molecule has 162 valence electrons. The van der Waals surface area contributed by atoms with Crippen LogP contribution in [-0.4, -0.2) is 49.4 Å². The van der Waals surface area contributed by atoms with E-state index in [0.29, 0.717) is 17.8 Å². The van der Waals surface area contributed by atoms with Crippen LogP contribution in [0.4, 0.5) is 5.69 Å². The fraction of sp³-hybridized carbons (Fsp3) is 0.273. The number of anilines is 1. The number of hydrogen-bond acceptors (Lipinski definition) is 6. The number of carbonyl (C=O) groups excluding carboxylic acids is 1. The van der Waals surface area contributed by atoms with Crippen LogP contribution in [0.5, 0.6) is 5.75 Å². The number of Topliss-reactive ketones (excluding diaryl/α,β-unsaturated/α-hetero) is 1. The molecule has 0 fully saturated rings. The Kier molecular flexibility index (Phi) is 6.06. The molecule has 0 amide bonds. The molecule has 31 heavy (non-hydrogen) atoms. The van der Waals surface area contributed by atoms with Crippen molar-refractivity contribution in [3.05, 3.63) is 66.0 Å². The molecule has 0 saturated carbocycles. The number of aromatic nitrogens is 2. The van der Waals surface area contributed by atoms with Crippen LogP contribution < -0.4 is 9.04 Å². The molecule has 2 heterocycles. The summed E-state index contributed by atoms with van der Waals surface area (Å²) in [5, 5.41) is 0.722. The molecular weight excluding hydrogens is 434 g/mol. The van der Waals surface area contributed by atoms with E-state index < -0.39 is 10.0 Å². The number of ether oxygens (including phenoxy) is 1. The number of rotatable bonds is 7. The summed E-state index contributed by atoms with van der Waals surface area (Å²) in [6.07, 6.45) is 6.27. The van der Waals surface area contributed by atoms with Crippen LogP contribution in [0, 0.1) is 0 Å². The number of nitrogens with zero attached hydrogens (tertiary/aromatic N) is 3. The largest absolute Gasteiger partial charge is 0.497 e. The van der Waals surface area contributed by atoms with Crippen molar-refractivity contribution >= 4 is 33.3 Å². The van der Waals surface area contributed by atoms with E-state index in [0.717, 1.165) is 35.0 Å². The standard InChI is InChI=1S/C22H23N3O4S2/c1-29-19-8-6-18(7-9-19)24-13-11-23-22(24)30-15-21(26)17-5-10-20-16(14-17)4-3-12-25(20)31(2,27)28/h5-11,13-14H,3-4,12,15H2,1-2H3. The number of sulfonamides is 1. The molecule has 0 spiro atoms. The lowest BCUT2D eigenvalue weighted by Crippen LogP contribution is -2.34. The summed E-state index contributed by atoms with van der Waals surface area (Å²) in [6.45, 7) is 0.475. The highest BCUT2D eigenvalue weighted by Crippen LogP contribution is 2.30. The third-order valence-corrected chi connectivity index (χ3v) is 7.31. The topological polar surface area (TPSA) is 81.5 Å². The van der Waals surface area contributed by atoms with Gasteiger partial charge in [0.2, 0.25) is 10.0 Å². The predicted molar refractivity (Wildman–Crippen MR) is 122 cm³/mol. The number of fused-ring (bicyclic) bond motifs is 1. The van der Waals surface area contributed by atoms with Crippen molar-refractivity contribution in [2.24, 2.45) is 0 Å². The highest BCUT2D eigenvalue weighted by atomic mass is 32.2. The SMILES string of the molecule is COc1ccc(-n2ccnc2SCC(=O)c2ccc3c(c2)CCCN3S(C)(=O)=O)cc1. The van der Waals surface area contributed by atoms with Crippen LogP contribution in [0.2, 0.25) is 0 Å². The van der Waals surface area contributed by atoms with Gasteiger partial charge in [-0.3, -0.25) is 13.7 Å². The third-order valence-electron chi connectivity index (χ3n) is 5.17. The van der Waals surface area contributed by atoms with E-state index in [1.54, 1.807) is 25.4 Å². The smallest absolute Gasteiger partial charge is 0.232 e. The Bertz CT molecular complexity index is 1200. The van der Waals surface area contributed by atoms with E-state index >= 15 is 0 Å². The number of thioether (sulfide) groups is 1. The fourth-order valence-electron chi connectivity index (χ4n) is 3.63. The van der Waals surface area contributed by atoms with E-state index in [1.807, 2.05) is 41.1 Å². The Morgan fingerprint density at radius 1 is 1.19 bits per heavy atom. The van der Waals surface area contributed by atoms with Gasteiger partial charge in [-0.15, -0.1) is 0 Å². The van der Waals surface area contributed by atoms with Gasteiger partial charge >= 0.3 is 0 Å². The number of carbonyl (C=O) groups is 1. The maximum absolute atomic E-state index is 12.8. The number of ketones is 1. The number of hydrogen-bond donors (Lipinski definition) is 0. The van der Waals surface area contributed by atoms with E-state index in [4.69, 9.17) is 4.74 Å². The molecule has 0 bridgehead atoms. The average molecular weight is 458 g/mol. The molecular formula is C22H23N3O4S2. The second-order valence-electron chi connectivity index (χ2n) is 7.27. The number of imidazole rings is 1. The second-order valence-corrected chi connectivity index (χ2v) is 10.1. The molecule has 3 aromatic rings. The first-order valence-electron chi connectivity index (χ1n) is 9.81. The van der Waals surface area contributed by atoms with Crippen molar-refractivity contribution < 1.29 is 17.9 Å². The van der Waals surface area contributed by atoms with Crippen molar-refractivity contribution in [1.29, 1.82) is 0 Å². The molecule has 9 heteroatoms. The summed E-state index contributed by atoms with van der Waals surface area (Å²) in [6, 6.07) is 12.9. The highest BCUT2D eigenvalue weighted by molar-refractivity contribution is 7.99. The van der Waals surface area contributed by atoms with Crippen molar-refractivity contribution in [3.63, 3.8) is 0 Å². The second kappa shape index (κ2) is 8.76. The first-order valence-corrected chi connectivity index (χ1v) is 12.6. The van der Waals surface area contributed by atoms with E-state index in [9.17, 15) is 13.2 Å². The van der Waals surface area contributed by atoms with Crippen molar-refractivity contribution in [3.8, 4) is 11.4 Å². The Morgan fingerprint density at radius 2 is 1.97 bits per heavy atom. The molecule has 0 radical (unpaired) electrons. The van der Waals surface area contributed by atoms with Gasteiger partial charge < -0.3 is 4.74 Å². The minimum absolute atomic E-state index is 0.0199. The van der Waals surface area contributed by atoms with Crippen LogP contribution in [0.3, 0.4) is 0 Å². The van der Waals surface area contributed by atoms with Crippen LogP contribution in [-0.2, 0) is 16.4 Å². The maximum Gasteiger partial charge on any atom is 0.232 e. The monoisotopic (exact) mass is 457 g/mol. The van der Waals surface area contributed by atoms with Gasteiger partial charge in [0.25, 0.3) is 0 Å². The molecule has 4 rings (SSSR count). The Hall–Kier alpha value is -2.78. The normalized spacial score (nSPS) is 13.7. The van der Waals surface area contributed by atoms with Crippen LogP contribution in [0.25, 0.3) is 5.69 Å². The summed E-state index contributed by atoms with van der Waals surface area (Å²) < 4.78 is 32.6. The first kappa shape index (κ1) is 21.5. The van der Waals surface area contributed by atoms with Gasteiger partial charge in [-0.25, -0.2) is 13.4 Å². The van der Waals surface area contributed by atoms with E-state index in [1.165, 1.54) is 22.3 Å². The summed E-state index contributed by atoms with van der Waals surface area (Å²) >= 11 is 1.37. The van der Waals surface area contributed by atoms with Crippen molar-refractivity contribution in [2.45, 2.75) is 18.0 Å². The summed E-state index contributed by atoms with van der Waals surface area (Å²) in [5.41, 5.74) is 3.09. The number of aryl methyl sites for hydroxylation is 1. The van der Waals surface area contributed by atoms with Crippen LogP contribution in [0.15, 0.2) is 60.0 Å². The van der Waals surface area contributed by atoms with Gasteiger partial charge in [-0.05, 0) is 60.9 Å². The Labute approximate surface area is 186 Å². The zero-order chi connectivity index (χ0) is 22.0. The van der Waals surface area contributed by atoms with Gasteiger partial charge in [-0.2, -0.15) is 0 Å². The molecule has 1 aliphatic rings. The number of benzene rings is 2. The molecule has 2 aromatic carbocycles. The Morgan fingerprint density at radius 3 is 2.68 bits per heavy atom. The minimum atomic E-state index is -3.32. The van der Waals surface area contributed by atoms with Crippen molar-refractivity contribution in [1.82, 2.24) is 9.55 Å². The molecule has 1 aromatic heterocycles. The average Bonchev–Trinajstić information content (AvgIpc) is 3.24. The summed E-state index contributed by atoms with van der Waals surface area (Å²) in [5.74, 6) is 0.991. The zero-order valence-electron chi connectivity index (χ0n) is 17.3. The van der Waals surface area contributed by atoms with Gasteiger partial charge in [0.1, 0.15) is 5.75 Å². The fourth-order valence-corrected chi connectivity index (χ4v) is 5.49. The molecule has 0 aliphatic carbocycles. The molecule has 0 unspecified atom stereocenters. The molecule has 0 atom stereocenters. The highest BCUT2D eigenvalue weighted by Gasteiger charge is 2.24. The lowest BCUT2D eigenvalue weighted by Gasteiger charge is -2.29. The summed E-state index contributed by atoms with van der Waals surface area (Å²) in [4.78, 5) is 17.2. The number of methoxy groups -OCH3 is 1. The van der Waals surface area contributed by atoms with Gasteiger partial charge in [0, 0.05) is 30.2 Å². The summed E-state index contributed by atoms with van der Waals surface area (Å²) in [7, 11) is -1.70. The molecule has 0 N–H and O–H groups in total.